The molecule has 1 heterocycles. The second-order valence-corrected chi connectivity index (χ2v) is 4.21. The molecule has 0 aliphatic carbocycles. The van der Waals surface area contributed by atoms with Crippen molar-refractivity contribution in [1.29, 1.82) is 0 Å². The van der Waals surface area contributed by atoms with Crippen molar-refractivity contribution >= 4 is 27.5 Å². The van der Waals surface area contributed by atoms with E-state index in [9.17, 15) is 18.4 Å². The summed E-state index contributed by atoms with van der Waals surface area (Å²) in [6.07, 6.45) is 1.13. The highest BCUT2D eigenvalue weighted by molar-refractivity contribution is 9.10. The number of carbonyl (C=O) groups excluding carboxylic acids is 1. The van der Waals surface area contributed by atoms with E-state index in [4.69, 9.17) is 0 Å². The first-order chi connectivity index (χ1) is 8.47. The highest BCUT2D eigenvalue weighted by atomic mass is 79.9. The number of aromatic nitrogens is 2. The molecule has 5 nitrogen and oxygen atoms in total. The molecule has 1 aromatic carbocycles. The summed E-state index contributed by atoms with van der Waals surface area (Å²) in [6.45, 7) is 0. The third kappa shape index (κ3) is 2.48. The zero-order valence-electron chi connectivity index (χ0n) is 8.68. The molecule has 94 valence electrons. The Kier molecular flexibility index (Phi) is 3.28. The number of hydrogen-bond acceptors (Lipinski definition) is 2. The maximum absolute atomic E-state index is 13.4. The van der Waals surface area contributed by atoms with Crippen LogP contribution in [0.4, 0.5) is 14.5 Å². The number of carbonyl (C=O) groups is 1. The van der Waals surface area contributed by atoms with Crippen LogP contribution < -0.4 is 11.0 Å². The molecule has 0 radical (unpaired) electrons. The van der Waals surface area contributed by atoms with Crippen molar-refractivity contribution in [2.75, 3.05) is 5.32 Å². The van der Waals surface area contributed by atoms with Gasteiger partial charge < -0.3 is 15.3 Å². The summed E-state index contributed by atoms with van der Waals surface area (Å²) in [5.74, 6) is -2.27. The number of hydrogen-bond donors (Lipinski definition) is 3. The molecule has 0 bridgehead atoms. The minimum Gasteiger partial charge on any atom is -0.318 e. The quantitative estimate of drug-likeness (QED) is 0.741. The molecule has 0 saturated carbocycles. The maximum atomic E-state index is 13.4. The van der Waals surface area contributed by atoms with Crippen molar-refractivity contribution in [3.05, 3.63) is 50.6 Å². The Morgan fingerprint density at radius 1 is 1.28 bits per heavy atom. The molecule has 18 heavy (non-hydrogen) atoms. The molecule has 0 fully saturated rings. The standard InChI is InChI=1S/C10H6BrF2N3O2/c11-4-1-6(13)7(2-5(4)12)15-9(17)8-3-14-10(18)16-8/h1-3H,(H,15,17)(H2,14,16,18). The van der Waals surface area contributed by atoms with Gasteiger partial charge in [0.25, 0.3) is 5.91 Å². The van der Waals surface area contributed by atoms with E-state index >= 15 is 0 Å². The van der Waals surface area contributed by atoms with Gasteiger partial charge in [0.1, 0.15) is 17.3 Å². The molecule has 0 atom stereocenters. The van der Waals surface area contributed by atoms with Gasteiger partial charge in [-0.3, -0.25) is 4.79 Å². The number of nitrogens with one attached hydrogen (secondary N) is 3. The lowest BCUT2D eigenvalue weighted by atomic mass is 10.3. The van der Waals surface area contributed by atoms with E-state index in [1.54, 1.807) is 0 Å². The predicted octanol–water partition coefficient (Wildman–Crippen LogP) is 2.00. The zero-order valence-corrected chi connectivity index (χ0v) is 10.3. The van der Waals surface area contributed by atoms with E-state index in [0.717, 1.165) is 18.3 Å². The minimum absolute atomic E-state index is 0.0481. The summed E-state index contributed by atoms with van der Waals surface area (Å²) in [5.41, 5.74) is -0.965. The highest BCUT2D eigenvalue weighted by Gasteiger charge is 2.13. The van der Waals surface area contributed by atoms with Crippen LogP contribution in [0.25, 0.3) is 0 Å². The van der Waals surface area contributed by atoms with Crippen LogP contribution in [0.3, 0.4) is 0 Å². The number of anilines is 1. The number of aromatic amines is 2. The fourth-order valence-electron chi connectivity index (χ4n) is 1.26. The zero-order chi connectivity index (χ0) is 13.3. The van der Waals surface area contributed by atoms with Gasteiger partial charge >= 0.3 is 5.69 Å². The summed E-state index contributed by atoms with van der Waals surface area (Å²) in [4.78, 5) is 26.8. The lowest BCUT2D eigenvalue weighted by Crippen LogP contribution is -2.15. The van der Waals surface area contributed by atoms with Crippen molar-refractivity contribution in [3.63, 3.8) is 0 Å². The predicted molar refractivity (Wildman–Crippen MR) is 63.4 cm³/mol. The van der Waals surface area contributed by atoms with Gasteiger partial charge in [0.15, 0.2) is 0 Å². The van der Waals surface area contributed by atoms with Gasteiger partial charge in [-0.1, -0.05) is 0 Å². The highest BCUT2D eigenvalue weighted by Crippen LogP contribution is 2.23. The first kappa shape index (κ1) is 12.5. The third-order valence-electron chi connectivity index (χ3n) is 2.10. The van der Waals surface area contributed by atoms with Crippen molar-refractivity contribution in [3.8, 4) is 0 Å². The summed E-state index contributed by atoms with van der Waals surface area (Å²) in [6, 6.07) is 1.73. The maximum Gasteiger partial charge on any atom is 0.323 e. The smallest absolute Gasteiger partial charge is 0.318 e. The van der Waals surface area contributed by atoms with Crippen LogP contribution in [0.15, 0.2) is 27.6 Å². The monoisotopic (exact) mass is 317 g/mol. The number of imidazole rings is 1. The number of halogens is 3. The van der Waals surface area contributed by atoms with Crippen LogP contribution in [0, 0.1) is 11.6 Å². The fourth-order valence-corrected chi connectivity index (χ4v) is 1.58. The summed E-state index contributed by atoms with van der Waals surface area (Å²) in [7, 11) is 0. The van der Waals surface area contributed by atoms with E-state index in [1.807, 2.05) is 0 Å². The molecule has 0 saturated heterocycles. The van der Waals surface area contributed by atoms with Crippen LogP contribution >= 0.6 is 15.9 Å². The molecule has 2 aromatic rings. The lowest BCUT2D eigenvalue weighted by Gasteiger charge is -2.06. The Bertz CT molecular complexity index is 665. The normalized spacial score (nSPS) is 10.4. The average Bonchev–Trinajstić information content (AvgIpc) is 2.73. The van der Waals surface area contributed by atoms with Gasteiger partial charge in [-0.15, -0.1) is 0 Å². The summed E-state index contributed by atoms with van der Waals surface area (Å²) < 4.78 is 26.6. The molecule has 1 aromatic heterocycles. The average molecular weight is 318 g/mol. The molecule has 0 unspecified atom stereocenters. The first-order valence-corrected chi connectivity index (χ1v) is 5.50. The Labute approximate surface area is 107 Å². The topological polar surface area (TPSA) is 77.8 Å². The number of H-pyrrole nitrogens is 2. The van der Waals surface area contributed by atoms with Crippen molar-refractivity contribution in [1.82, 2.24) is 9.97 Å². The van der Waals surface area contributed by atoms with Gasteiger partial charge in [-0.05, 0) is 22.0 Å². The third-order valence-corrected chi connectivity index (χ3v) is 2.71. The molecule has 0 aliphatic heterocycles. The van der Waals surface area contributed by atoms with E-state index in [0.29, 0.717) is 0 Å². The van der Waals surface area contributed by atoms with Gasteiger partial charge in [0.05, 0.1) is 10.2 Å². The molecule has 8 heteroatoms. The molecule has 0 aliphatic rings. The summed E-state index contributed by atoms with van der Waals surface area (Å²) >= 11 is 2.81. The second-order valence-electron chi connectivity index (χ2n) is 3.36. The minimum atomic E-state index is -0.797. The Balaban J connectivity index is 2.27. The molecular formula is C10H6BrF2N3O2. The second kappa shape index (κ2) is 4.73. The Morgan fingerprint density at radius 2 is 2.00 bits per heavy atom. The molecular weight excluding hydrogens is 312 g/mol. The largest absolute Gasteiger partial charge is 0.323 e. The van der Waals surface area contributed by atoms with Crippen LogP contribution in [-0.4, -0.2) is 15.9 Å². The Morgan fingerprint density at radius 3 is 2.61 bits per heavy atom. The van der Waals surface area contributed by atoms with Gasteiger partial charge in [-0.2, -0.15) is 0 Å². The number of amides is 1. The van der Waals surface area contributed by atoms with E-state index in [1.165, 1.54) is 0 Å². The van der Waals surface area contributed by atoms with E-state index in [2.05, 4.69) is 31.2 Å². The summed E-state index contributed by atoms with van der Waals surface area (Å²) in [5, 5.41) is 2.14. The van der Waals surface area contributed by atoms with Crippen LogP contribution in [0.2, 0.25) is 0 Å². The van der Waals surface area contributed by atoms with Gasteiger partial charge in [0, 0.05) is 12.3 Å². The van der Waals surface area contributed by atoms with Crippen LogP contribution in [0.5, 0.6) is 0 Å². The molecule has 2 rings (SSSR count). The number of rotatable bonds is 2. The van der Waals surface area contributed by atoms with E-state index < -0.39 is 23.2 Å². The van der Waals surface area contributed by atoms with Crippen molar-refractivity contribution < 1.29 is 13.6 Å². The van der Waals surface area contributed by atoms with Gasteiger partial charge in [0.2, 0.25) is 0 Å². The number of benzene rings is 1. The van der Waals surface area contributed by atoms with Crippen LogP contribution in [-0.2, 0) is 0 Å². The Hall–Kier alpha value is -1.96. The van der Waals surface area contributed by atoms with E-state index in [-0.39, 0.29) is 15.9 Å². The first-order valence-electron chi connectivity index (χ1n) is 4.71. The fraction of sp³-hybridized carbons (Fsp3) is 0. The lowest BCUT2D eigenvalue weighted by molar-refractivity contribution is 0.102. The molecule has 0 spiro atoms. The van der Waals surface area contributed by atoms with Gasteiger partial charge in [-0.25, -0.2) is 13.6 Å². The molecule has 3 N–H and O–H groups in total. The van der Waals surface area contributed by atoms with Crippen LogP contribution in [0.1, 0.15) is 10.5 Å². The van der Waals surface area contributed by atoms with Crippen molar-refractivity contribution in [2.24, 2.45) is 0 Å². The van der Waals surface area contributed by atoms with Crippen molar-refractivity contribution in [2.45, 2.75) is 0 Å². The SMILES string of the molecule is O=C(Nc1cc(F)c(Br)cc1F)c1c[nH]c(=O)[nH]1. The molecule has 1 amide bonds.